The molecule has 0 radical (unpaired) electrons. The molecule has 19 heavy (non-hydrogen) atoms. The number of rotatable bonds is 5. The van der Waals surface area contributed by atoms with E-state index in [-0.39, 0.29) is 11.7 Å². The Morgan fingerprint density at radius 1 is 1.21 bits per heavy atom. The molecule has 0 aliphatic rings. The third kappa shape index (κ3) is 2.96. The molecule has 2 aromatic rings. The number of aryl methyl sites for hydroxylation is 2. The van der Waals surface area contributed by atoms with Gasteiger partial charge >= 0.3 is 5.69 Å². The Kier molecular flexibility index (Phi) is 4.22. The highest BCUT2D eigenvalue weighted by molar-refractivity contribution is 5.25. The molecule has 0 amide bonds. The van der Waals surface area contributed by atoms with Gasteiger partial charge in [-0.25, -0.2) is 4.79 Å². The topological polar surface area (TPSA) is 39.0 Å². The summed E-state index contributed by atoms with van der Waals surface area (Å²) in [5, 5.41) is 3.27. The maximum atomic E-state index is 11.9. The van der Waals surface area contributed by atoms with Crippen molar-refractivity contribution in [2.24, 2.45) is 7.05 Å². The summed E-state index contributed by atoms with van der Waals surface area (Å²) in [6.45, 7) is 2.79. The number of nitrogens with zero attached hydrogens (tertiary/aromatic N) is 2. The average molecular weight is 259 g/mol. The Labute approximate surface area is 113 Å². The zero-order valence-electron chi connectivity index (χ0n) is 11.8. The van der Waals surface area contributed by atoms with E-state index in [2.05, 4.69) is 36.5 Å². The summed E-state index contributed by atoms with van der Waals surface area (Å²) < 4.78 is 3.32. The van der Waals surface area contributed by atoms with Gasteiger partial charge in [-0.1, -0.05) is 31.2 Å². The second kappa shape index (κ2) is 5.89. The van der Waals surface area contributed by atoms with Gasteiger partial charge in [0.25, 0.3) is 0 Å². The summed E-state index contributed by atoms with van der Waals surface area (Å²) in [7, 11) is 3.69. The largest absolute Gasteiger partial charge is 0.327 e. The highest BCUT2D eigenvalue weighted by atomic mass is 16.1. The van der Waals surface area contributed by atoms with Crippen molar-refractivity contribution in [2.45, 2.75) is 25.9 Å². The first kappa shape index (κ1) is 13.6. The van der Waals surface area contributed by atoms with E-state index in [0.29, 0.717) is 6.54 Å². The van der Waals surface area contributed by atoms with Crippen LogP contribution < -0.4 is 11.0 Å². The molecule has 0 aliphatic heterocycles. The minimum Gasteiger partial charge on any atom is -0.312 e. The van der Waals surface area contributed by atoms with Crippen LogP contribution in [0.4, 0.5) is 0 Å². The van der Waals surface area contributed by atoms with Crippen LogP contribution in [0.2, 0.25) is 0 Å². The zero-order valence-corrected chi connectivity index (χ0v) is 11.8. The van der Waals surface area contributed by atoms with Gasteiger partial charge in [0.1, 0.15) is 0 Å². The van der Waals surface area contributed by atoms with Crippen molar-refractivity contribution >= 4 is 0 Å². The van der Waals surface area contributed by atoms with Gasteiger partial charge in [0, 0.05) is 26.0 Å². The van der Waals surface area contributed by atoms with Crippen molar-refractivity contribution in [3.05, 3.63) is 58.3 Å². The molecule has 1 unspecified atom stereocenters. The van der Waals surface area contributed by atoms with E-state index in [1.165, 1.54) is 11.1 Å². The predicted octanol–water partition coefficient (Wildman–Crippen LogP) is 1.71. The van der Waals surface area contributed by atoms with E-state index < -0.39 is 0 Å². The van der Waals surface area contributed by atoms with Crippen molar-refractivity contribution in [2.75, 3.05) is 7.05 Å². The van der Waals surface area contributed by atoms with Gasteiger partial charge in [0.05, 0.1) is 6.04 Å². The predicted molar refractivity (Wildman–Crippen MR) is 77.3 cm³/mol. The van der Waals surface area contributed by atoms with Gasteiger partial charge in [0.15, 0.2) is 0 Å². The normalized spacial score (nSPS) is 12.6. The fourth-order valence-corrected chi connectivity index (χ4v) is 2.20. The number of hydrogen-bond donors (Lipinski definition) is 1. The smallest absolute Gasteiger partial charge is 0.312 e. The molecule has 0 bridgehead atoms. The van der Waals surface area contributed by atoms with Crippen molar-refractivity contribution in [3.8, 4) is 0 Å². The van der Waals surface area contributed by atoms with E-state index in [1.807, 2.05) is 13.2 Å². The molecule has 4 heteroatoms. The number of aromatic nitrogens is 2. The van der Waals surface area contributed by atoms with Crippen molar-refractivity contribution in [1.82, 2.24) is 14.5 Å². The Morgan fingerprint density at radius 3 is 2.37 bits per heavy atom. The highest BCUT2D eigenvalue weighted by Gasteiger charge is 2.11. The van der Waals surface area contributed by atoms with Crippen molar-refractivity contribution in [1.29, 1.82) is 0 Å². The first-order valence-electron chi connectivity index (χ1n) is 6.63. The van der Waals surface area contributed by atoms with Gasteiger partial charge in [-0.15, -0.1) is 0 Å². The number of imidazole rings is 1. The minimum absolute atomic E-state index is 0.0189. The van der Waals surface area contributed by atoms with Crippen LogP contribution in [0.15, 0.2) is 41.5 Å². The SMILES string of the molecule is CCc1ccc(C(Cn2ccn(C)c2=O)NC)cc1. The Bertz CT molecular complexity index is 580. The lowest BCUT2D eigenvalue weighted by atomic mass is 10.0. The number of hydrogen-bond acceptors (Lipinski definition) is 2. The van der Waals surface area contributed by atoms with E-state index >= 15 is 0 Å². The van der Waals surface area contributed by atoms with Crippen LogP contribution in [0.25, 0.3) is 0 Å². The van der Waals surface area contributed by atoms with Crippen LogP contribution in [0.1, 0.15) is 24.1 Å². The fourth-order valence-electron chi connectivity index (χ4n) is 2.20. The second-order valence-corrected chi connectivity index (χ2v) is 4.78. The Balaban J connectivity index is 2.19. The molecule has 1 aromatic carbocycles. The summed E-state index contributed by atoms with van der Waals surface area (Å²) in [6.07, 6.45) is 4.66. The molecule has 0 fully saturated rings. The quantitative estimate of drug-likeness (QED) is 0.888. The molecule has 1 N–H and O–H groups in total. The summed E-state index contributed by atoms with van der Waals surface area (Å²) in [5.41, 5.74) is 2.55. The van der Waals surface area contributed by atoms with Crippen molar-refractivity contribution < 1.29 is 0 Å². The fraction of sp³-hybridized carbons (Fsp3) is 0.400. The van der Waals surface area contributed by atoms with Crippen molar-refractivity contribution in [3.63, 3.8) is 0 Å². The third-order valence-corrected chi connectivity index (χ3v) is 3.54. The summed E-state index contributed by atoms with van der Waals surface area (Å²) in [5.74, 6) is 0. The van der Waals surface area contributed by atoms with E-state index in [0.717, 1.165) is 6.42 Å². The lowest BCUT2D eigenvalue weighted by Gasteiger charge is -2.17. The second-order valence-electron chi connectivity index (χ2n) is 4.78. The molecule has 0 saturated carbocycles. The lowest BCUT2D eigenvalue weighted by Crippen LogP contribution is -2.29. The molecule has 1 aromatic heterocycles. The van der Waals surface area contributed by atoms with Crippen LogP contribution >= 0.6 is 0 Å². The maximum Gasteiger partial charge on any atom is 0.327 e. The summed E-state index contributed by atoms with van der Waals surface area (Å²) >= 11 is 0. The van der Waals surface area contributed by atoms with Gasteiger partial charge in [-0.05, 0) is 24.6 Å². The van der Waals surface area contributed by atoms with E-state index in [9.17, 15) is 4.79 Å². The van der Waals surface area contributed by atoms with E-state index in [1.54, 1.807) is 22.4 Å². The third-order valence-electron chi connectivity index (χ3n) is 3.54. The average Bonchev–Trinajstić information content (AvgIpc) is 2.76. The van der Waals surface area contributed by atoms with Gasteiger partial charge in [-0.2, -0.15) is 0 Å². The minimum atomic E-state index is 0.0189. The first-order valence-corrected chi connectivity index (χ1v) is 6.63. The Hall–Kier alpha value is -1.81. The van der Waals surface area contributed by atoms with Crippen LogP contribution in [0, 0.1) is 0 Å². The molecule has 0 spiro atoms. The number of nitrogens with one attached hydrogen (secondary N) is 1. The van der Waals surface area contributed by atoms with Gasteiger partial charge in [-0.3, -0.25) is 4.57 Å². The standard InChI is InChI=1S/C15H21N3O/c1-4-12-5-7-13(8-6-12)14(16-2)11-18-10-9-17(3)15(18)19/h5-10,14,16H,4,11H2,1-3H3. The number of benzene rings is 1. The molecule has 1 heterocycles. The zero-order chi connectivity index (χ0) is 13.8. The van der Waals surface area contributed by atoms with Gasteiger partial charge < -0.3 is 9.88 Å². The molecule has 4 nitrogen and oxygen atoms in total. The van der Waals surface area contributed by atoms with E-state index in [4.69, 9.17) is 0 Å². The van der Waals surface area contributed by atoms with Crippen LogP contribution in [-0.4, -0.2) is 16.2 Å². The molecule has 102 valence electrons. The highest BCUT2D eigenvalue weighted by Crippen LogP contribution is 2.15. The lowest BCUT2D eigenvalue weighted by molar-refractivity contribution is 0.487. The summed E-state index contributed by atoms with van der Waals surface area (Å²) in [6, 6.07) is 8.70. The molecule has 0 aliphatic carbocycles. The molecule has 2 rings (SSSR count). The molecular formula is C15H21N3O. The van der Waals surface area contributed by atoms with Gasteiger partial charge in [0.2, 0.25) is 0 Å². The monoisotopic (exact) mass is 259 g/mol. The molecular weight excluding hydrogens is 238 g/mol. The summed E-state index contributed by atoms with van der Waals surface area (Å²) in [4.78, 5) is 11.9. The Morgan fingerprint density at radius 2 is 1.89 bits per heavy atom. The molecule has 1 atom stereocenters. The molecule has 0 saturated heterocycles. The van der Waals surface area contributed by atoms with Crippen LogP contribution in [0.5, 0.6) is 0 Å². The first-order chi connectivity index (χ1) is 9.15. The maximum absolute atomic E-state index is 11.9. The van der Waals surface area contributed by atoms with Crippen LogP contribution in [-0.2, 0) is 20.0 Å². The van der Waals surface area contributed by atoms with Crippen LogP contribution in [0.3, 0.4) is 0 Å². The number of likely N-dealkylation sites (N-methyl/N-ethyl adjacent to an activating group) is 1.